The molecule has 0 radical (unpaired) electrons. The Balaban J connectivity index is 2.22. The number of aromatic nitrogens is 4. The molecular formula is C8H11N5S. The Labute approximate surface area is 85.8 Å². The minimum atomic E-state index is 0.718. The maximum absolute atomic E-state index is 4.18. The van der Waals surface area contributed by atoms with Gasteiger partial charge in [-0.15, -0.1) is 11.3 Å². The smallest absolute Gasteiger partial charge is 0.212 e. The van der Waals surface area contributed by atoms with E-state index in [0.29, 0.717) is 0 Å². The van der Waals surface area contributed by atoms with Gasteiger partial charge in [0.2, 0.25) is 5.13 Å². The van der Waals surface area contributed by atoms with Crippen LogP contribution in [0.4, 0.5) is 0 Å². The quantitative estimate of drug-likeness (QED) is 0.810. The molecule has 0 bridgehead atoms. The molecule has 0 aromatic carbocycles. The fourth-order valence-electron chi connectivity index (χ4n) is 1.10. The van der Waals surface area contributed by atoms with E-state index >= 15 is 0 Å². The molecule has 2 heterocycles. The van der Waals surface area contributed by atoms with Gasteiger partial charge in [-0.05, 0) is 6.54 Å². The second-order valence-electron chi connectivity index (χ2n) is 2.68. The van der Waals surface area contributed by atoms with Gasteiger partial charge in [0.1, 0.15) is 12.2 Å². The molecular weight excluding hydrogens is 198 g/mol. The molecule has 2 aromatic rings. The Hall–Kier alpha value is -1.27. The maximum atomic E-state index is 4.18. The number of nitrogens with zero attached hydrogens (tertiary/aromatic N) is 4. The molecule has 2 rings (SSSR count). The van der Waals surface area contributed by atoms with Crippen LogP contribution in [0.1, 0.15) is 12.7 Å². The van der Waals surface area contributed by atoms with E-state index in [1.807, 2.05) is 5.38 Å². The molecule has 1 N–H and O–H groups in total. The average Bonchev–Trinajstić information content (AvgIpc) is 2.84. The second-order valence-corrected chi connectivity index (χ2v) is 3.56. The predicted octanol–water partition coefficient (Wildman–Crippen LogP) is 0.833. The van der Waals surface area contributed by atoms with E-state index < -0.39 is 0 Å². The highest BCUT2D eigenvalue weighted by molar-refractivity contribution is 7.12. The zero-order chi connectivity index (χ0) is 9.80. The Morgan fingerprint density at radius 2 is 2.43 bits per heavy atom. The molecule has 0 saturated carbocycles. The summed E-state index contributed by atoms with van der Waals surface area (Å²) in [6.45, 7) is 3.70. The van der Waals surface area contributed by atoms with Crippen LogP contribution in [0.2, 0.25) is 0 Å². The first-order valence-electron chi connectivity index (χ1n) is 4.41. The van der Waals surface area contributed by atoms with Crippen LogP contribution in [0, 0.1) is 0 Å². The summed E-state index contributed by atoms with van der Waals surface area (Å²) < 4.78 is 1.76. The summed E-state index contributed by atoms with van der Waals surface area (Å²) in [5.74, 6) is 0.891. The predicted molar refractivity (Wildman–Crippen MR) is 54.4 cm³/mol. The highest BCUT2D eigenvalue weighted by Crippen LogP contribution is 2.10. The molecule has 0 atom stereocenters. The first-order valence-corrected chi connectivity index (χ1v) is 5.29. The minimum Gasteiger partial charge on any atom is -0.310 e. The third-order valence-electron chi connectivity index (χ3n) is 1.75. The first-order chi connectivity index (χ1) is 6.92. The van der Waals surface area contributed by atoms with Crippen molar-refractivity contribution in [3.05, 3.63) is 23.7 Å². The molecule has 14 heavy (non-hydrogen) atoms. The van der Waals surface area contributed by atoms with Crippen molar-refractivity contribution in [2.75, 3.05) is 6.54 Å². The lowest BCUT2D eigenvalue weighted by Crippen LogP contribution is -2.16. The molecule has 5 nitrogen and oxygen atoms in total. The highest BCUT2D eigenvalue weighted by atomic mass is 32.1. The van der Waals surface area contributed by atoms with Gasteiger partial charge in [0, 0.05) is 11.6 Å². The highest BCUT2D eigenvalue weighted by Gasteiger charge is 2.06. The van der Waals surface area contributed by atoms with E-state index in [9.17, 15) is 0 Å². The zero-order valence-corrected chi connectivity index (χ0v) is 8.66. The summed E-state index contributed by atoms with van der Waals surface area (Å²) in [5.41, 5.74) is 0. The molecule has 0 aliphatic carbocycles. The van der Waals surface area contributed by atoms with E-state index in [1.165, 1.54) is 0 Å². The zero-order valence-electron chi connectivity index (χ0n) is 7.84. The van der Waals surface area contributed by atoms with Gasteiger partial charge in [0.05, 0.1) is 6.54 Å². The summed E-state index contributed by atoms with van der Waals surface area (Å²) in [7, 11) is 0. The third-order valence-corrected chi connectivity index (χ3v) is 2.50. The molecule has 0 fully saturated rings. The van der Waals surface area contributed by atoms with Crippen molar-refractivity contribution < 1.29 is 0 Å². The molecule has 74 valence electrons. The first kappa shape index (κ1) is 9.29. The van der Waals surface area contributed by atoms with Crippen LogP contribution in [-0.4, -0.2) is 26.3 Å². The molecule has 0 unspecified atom stereocenters. The summed E-state index contributed by atoms with van der Waals surface area (Å²) in [4.78, 5) is 8.34. The Morgan fingerprint density at radius 1 is 1.50 bits per heavy atom. The normalized spacial score (nSPS) is 10.6. The van der Waals surface area contributed by atoms with Gasteiger partial charge >= 0.3 is 0 Å². The average molecular weight is 209 g/mol. The van der Waals surface area contributed by atoms with E-state index in [0.717, 1.165) is 24.0 Å². The summed E-state index contributed by atoms with van der Waals surface area (Å²) in [6, 6.07) is 0. The lowest BCUT2D eigenvalue weighted by Gasteiger charge is -2.01. The van der Waals surface area contributed by atoms with Gasteiger partial charge in [-0.2, -0.15) is 9.78 Å². The Morgan fingerprint density at radius 3 is 3.14 bits per heavy atom. The minimum absolute atomic E-state index is 0.718. The Bertz CT molecular complexity index is 380. The summed E-state index contributed by atoms with van der Waals surface area (Å²) >= 11 is 1.55. The summed E-state index contributed by atoms with van der Waals surface area (Å²) in [5, 5.41) is 10.1. The van der Waals surface area contributed by atoms with E-state index in [2.05, 4.69) is 27.3 Å². The lowest BCUT2D eigenvalue weighted by atomic mass is 10.5. The van der Waals surface area contributed by atoms with Gasteiger partial charge in [0.25, 0.3) is 0 Å². The van der Waals surface area contributed by atoms with Crippen LogP contribution in [0.5, 0.6) is 0 Å². The topological polar surface area (TPSA) is 55.6 Å². The molecule has 6 heteroatoms. The summed E-state index contributed by atoms with van der Waals surface area (Å²) in [6.07, 6.45) is 3.31. The number of nitrogens with one attached hydrogen (secondary N) is 1. The van der Waals surface area contributed by atoms with E-state index in [-0.39, 0.29) is 0 Å². The fraction of sp³-hybridized carbons (Fsp3) is 0.375. The van der Waals surface area contributed by atoms with Gasteiger partial charge < -0.3 is 5.32 Å². The molecule has 0 amide bonds. The fourth-order valence-corrected chi connectivity index (χ4v) is 1.72. The van der Waals surface area contributed by atoms with Crippen LogP contribution in [0.25, 0.3) is 5.13 Å². The third kappa shape index (κ3) is 1.80. The van der Waals surface area contributed by atoms with Gasteiger partial charge in [-0.25, -0.2) is 9.97 Å². The number of rotatable bonds is 4. The number of thiazole rings is 1. The van der Waals surface area contributed by atoms with Crippen molar-refractivity contribution in [2.24, 2.45) is 0 Å². The Kier molecular flexibility index (Phi) is 2.85. The maximum Gasteiger partial charge on any atom is 0.212 e. The lowest BCUT2D eigenvalue weighted by molar-refractivity contribution is 0.663. The monoisotopic (exact) mass is 209 g/mol. The van der Waals surface area contributed by atoms with Crippen molar-refractivity contribution >= 4 is 11.3 Å². The van der Waals surface area contributed by atoms with Crippen LogP contribution < -0.4 is 5.32 Å². The van der Waals surface area contributed by atoms with Crippen molar-refractivity contribution in [1.29, 1.82) is 0 Å². The van der Waals surface area contributed by atoms with Gasteiger partial charge in [0.15, 0.2) is 0 Å². The van der Waals surface area contributed by atoms with Crippen molar-refractivity contribution in [3.8, 4) is 5.13 Å². The van der Waals surface area contributed by atoms with Crippen LogP contribution in [0.15, 0.2) is 17.9 Å². The second kappa shape index (κ2) is 4.30. The molecule has 0 aliphatic rings. The van der Waals surface area contributed by atoms with Crippen molar-refractivity contribution in [3.63, 3.8) is 0 Å². The SMILES string of the molecule is CCNCc1ncnn1-c1nccs1. The van der Waals surface area contributed by atoms with Crippen molar-refractivity contribution in [2.45, 2.75) is 13.5 Å². The van der Waals surface area contributed by atoms with Crippen molar-refractivity contribution in [1.82, 2.24) is 25.1 Å². The standard InChI is InChI=1S/C8H11N5S/c1-2-9-5-7-11-6-12-13(7)8-10-3-4-14-8/h3-4,6,9H,2,5H2,1H3. The molecule has 0 aliphatic heterocycles. The van der Waals surface area contributed by atoms with E-state index in [1.54, 1.807) is 28.5 Å². The van der Waals surface area contributed by atoms with E-state index in [4.69, 9.17) is 0 Å². The van der Waals surface area contributed by atoms with Crippen LogP contribution in [-0.2, 0) is 6.54 Å². The largest absolute Gasteiger partial charge is 0.310 e. The van der Waals surface area contributed by atoms with Crippen LogP contribution >= 0.6 is 11.3 Å². The number of hydrogen-bond donors (Lipinski definition) is 1. The molecule has 2 aromatic heterocycles. The van der Waals surface area contributed by atoms with Gasteiger partial charge in [-0.1, -0.05) is 6.92 Å². The molecule has 0 saturated heterocycles. The van der Waals surface area contributed by atoms with Gasteiger partial charge in [-0.3, -0.25) is 0 Å². The number of hydrogen-bond acceptors (Lipinski definition) is 5. The van der Waals surface area contributed by atoms with Crippen LogP contribution in [0.3, 0.4) is 0 Å². The molecule has 0 spiro atoms.